The summed E-state index contributed by atoms with van der Waals surface area (Å²) >= 11 is 0. The van der Waals surface area contributed by atoms with Gasteiger partial charge in [0.1, 0.15) is 5.82 Å². The molecule has 1 atom stereocenters. The van der Waals surface area contributed by atoms with Gasteiger partial charge in [0, 0.05) is 11.6 Å². The number of sulfonamides is 1. The Kier molecular flexibility index (Phi) is 4.18. The van der Waals surface area contributed by atoms with Crippen LogP contribution in [0.15, 0.2) is 23.1 Å². The minimum Gasteiger partial charge on any atom is -0.392 e. The summed E-state index contributed by atoms with van der Waals surface area (Å²) in [7, 11) is -3.69. The van der Waals surface area contributed by atoms with Gasteiger partial charge in [-0.3, -0.25) is 0 Å². The SMILES string of the molecule is CC1(C)CCCC1NS(=O)(=O)c1ccc(F)c(CO)c1. The Hall–Kier alpha value is -0.980. The monoisotopic (exact) mass is 301 g/mol. The van der Waals surface area contributed by atoms with Crippen molar-refractivity contribution in [2.75, 3.05) is 0 Å². The third kappa shape index (κ3) is 3.02. The third-order valence-electron chi connectivity index (χ3n) is 4.05. The lowest BCUT2D eigenvalue weighted by atomic mass is 9.88. The maximum absolute atomic E-state index is 13.3. The summed E-state index contributed by atoms with van der Waals surface area (Å²) < 4.78 is 40.7. The van der Waals surface area contributed by atoms with Gasteiger partial charge in [0.05, 0.1) is 11.5 Å². The van der Waals surface area contributed by atoms with Gasteiger partial charge in [-0.05, 0) is 36.5 Å². The summed E-state index contributed by atoms with van der Waals surface area (Å²) in [6.45, 7) is 3.55. The van der Waals surface area contributed by atoms with E-state index in [-0.39, 0.29) is 21.9 Å². The lowest BCUT2D eigenvalue weighted by Crippen LogP contribution is -2.41. The van der Waals surface area contributed by atoms with Gasteiger partial charge in [0.15, 0.2) is 0 Å². The van der Waals surface area contributed by atoms with E-state index in [1.54, 1.807) is 0 Å². The number of aliphatic hydroxyl groups excluding tert-OH is 1. The van der Waals surface area contributed by atoms with Crippen LogP contribution < -0.4 is 4.72 Å². The van der Waals surface area contributed by atoms with E-state index in [0.717, 1.165) is 25.3 Å². The maximum Gasteiger partial charge on any atom is 0.240 e. The molecule has 1 aromatic rings. The van der Waals surface area contributed by atoms with Crippen molar-refractivity contribution in [2.45, 2.75) is 50.7 Å². The Morgan fingerprint density at radius 1 is 1.45 bits per heavy atom. The maximum atomic E-state index is 13.3. The van der Waals surface area contributed by atoms with E-state index in [9.17, 15) is 12.8 Å². The molecule has 0 bridgehead atoms. The molecule has 1 fully saturated rings. The van der Waals surface area contributed by atoms with Crippen LogP contribution in [-0.4, -0.2) is 19.6 Å². The molecule has 20 heavy (non-hydrogen) atoms. The summed E-state index contributed by atoms with van der Waals surface area (Å²) in [5, 5.41) is 9.02. The van der Waals surface area contributed by atoms with Crippen LogP contribution in [0.1, 0.15) is 38.7 Å². The lowest BCUT2D eigenvalue weighted by Gasteiger charge is -2.27. The van der Waals surface area contributed by atoms with E-state index >= 15 is 0 Å². The number of benzene rings is 1. The quantitative estimate of drug-likeness (QED) is 0.895. The highest BCUT2D eigenvalue weighted by Crippen LogP contribution is 2.37. The van der Waals surface area contributed by atoms with Crippen molar-refractivity contribution < 1.29 is 17.9 Å². The molecule has 0 heterocycles. The van der Waals surface area contributed by atoms with Crippen molar-refractivity contribution >= 4 is 10.0 Å². The molecule has 1 aromatic carbocycles. The summed E-state index contributed by atoms with van der Waals surface area (Å²) in [5.41, 5.74) is -0.0917. The highest BCUT2D eigenvalue weighted by atomic mass is 32.2. The predicted octanol–water partition coefficient (Wildman–Crippen LogP) is 2.17. The predicted molar refractivity (Wildman–Crippen MR) is 74.1 cm³/mol. The first kappa shape index (κ1) is 15.4. The molecule has 0 radical (unpaired) electrons. The fourth-order valence-corrected chi connectivity index (χ4v) is 4.13. The normalized spacial score (nSPS) is 22.1. The molecule has 0 aromatic heterocycles. The van der Waals surface area contributed by atoms with Crippen molar-refractivity contribution in [1.29, 1.82) is 0 Å². The van der Waals surface area contributed by atoms with Crippen LogP contribution in [0.25, 0.3) is 0 Å². The van der Waals surface area contributed by atoms with Gasteiger partial charge in [-0.2, -0.15) is 0 Å². The van der Waals surface area contributed by atoms with Crippen molar-refractivity contribution in [2.24, 2.45) is 5.41 Å². The molecule has 2 N–H and O–H groups in total. The van der Waals surface area contributed by atoms with Crippen molar-refractivity contribution in [3.8, 4) is 0 Å². The third-order valence-corrected chi connectivity index (χ3v) is 5.52. The second-order valence-electron chi connectivity index (χ2n) is 5.97. The Balaban J connectivity index is 2.27. The zero-order chi connectivity index (χ0) is 15.0. The molecule has 0 amide bonds. The first-order valence-electron chi connectivity index (χ1n) is 6.68. The van der Waals surface area contributed by atoms with Gasteiger partial charge in [-0.1, -0.05) is 20.3 Å². The van der Waals surface area contributed by atoms with Crippen LogP contribution in [0.5, 0.6) is 0 Å². The fraction of sp³-hybridized carbons (Fsp3) is 0.571. The Morgan fingerprint density at radius 3 is 2.70 bits per heavy atom. The molecule has 1 aliphatic rings. The molecule has 1 unspecified atom stereocenters. The van der Waals surface area contributed by atoms with Gasteiger partial charge >= 0.3 is 0 Å². The van der Waals surface area contributed by atoms with E-state index < -0.39 is 22.4 Å². The molecule has 4 nitrogen and oxygen atoms in total. The first-order chi connectivity index (χ1) is 9.26. The Morgan fingerprint density at radius 2 is 2.15 bits per heavy atom. The van der Waals surface area contributed by atoms with E-state index in [2.05, 4.69) is 4.72 Å². The first-order valence-corrected chi connectivity index (χ1v) is 8.16. The standard InChI is InChI=1S/C14H20FNO3S/c1-14(2)7-3-4-13(14)16-20(18,19)11-5-6-12(15)10(8-11)9-17/h5-6,8,13,16-17H,3-4,7,9H2,1-2H3. The van der Waals surface area contributed by atoms with Gasteiger partial charge in [0.25, 0.3) is 0 Å². The topological polar surface area (TPSA) is 66.4 Å². The molecule has 0 aliphatic heterocycles. The Labute approximate surface area is 119 Å². The van der Waals surface area contributed by atoms with Crippen molar-refractivity contribution in [3.63, 3.8) is 0 Å². The fourth-order valence-electron chi connectivity index (χ4n) is 2.64. The average molecular weight is 301 g/mol. The zero-order valence-electron chi connectivity index (χ0n) is 11.7. The van der Waals surface area contributed by atoms with Gasteiger partial charge < -0.3 is 5.11 Å². The van der Waals surface area contributed by atoms with Crippen LogP contribution in [-0.2, 0) is 16.6 Å². The highest BCUT2D eigenvalue weighted by molar-refractivity contribution is 7.89. The van der Waals surface area contributed by atoms with Crippen LogP contribution >= 0.6 is 0 Å². The zero-order valence-corrected chi connectivity index (χ0v) is 12.5. The number of nitrogens with one attached hydrogen (secondary N) is 1. The summed E-state index contributed by atoms with van der Waals surface area (Å²) in [6, 6.07) is 3.35. The van der Waals surface area contributed by atoms with Crippen LogP contribution in [0, 0.1) is 11.2 Å². The minimum absolute atomic E-state index is 0.00866. The number of halogens is 1. The van der Waals surface area contributed by atoms with Crippen molar-refractivity contribution in [3.05, 3.63) is 29.6 Å². The second-order valence-corrected chi connectivity index (χ2v) is 7.68. The van der Waals surface area contributed by atoms with E-state index in [0.29, 0.717) is 0 Å². The number of rotatable bonds is 4. The average Bonchev–Trinajstić information content (AvgIpc) is 2.68. The van der Waals surface area contributed by atoms with E-state index in [1.165, 1.54) is 12.1 Å². The van der Waals surface area contributed by atoms with Gasteiger partial charge in [0.2, 0.25) is 10.0 Å². The molecule has 1 saturated carbocycles. The summed E-state index contributed by atoms with van der Waals surface area (Å²) in [6.07, 6.45) is 2.78. The van der Waals surface area contributed by atoms with Crippen LogP contribution in [0.3, 0.4) is 0 Å². The summed E-state index contributed by atoms with van der Waals surface area (Å²) in [4.78, 5) is -0.00866. The van der Waals surface area contributed by atoms with Crippen molar-refractivity contribution in [1.82, 2.24) is 4.72 Å². The Bertz CT molecular complexity index is 598. The number of hydrogen-bond acceptors (Lipinski definition) is 3. The molecule has 2 rings (SSSR count). The smallest absolute Gasteiger partial charge is 0.240 e. The number of aliphatic hydroxyl groups is 1. The largest absolute Gasteiger partial charge is 0.392 e. The molecule has 0 saturated heterocycles. The van der Waals surface area contributed by atoms with Crippen LogP contribution in [0.4, 0.5) is 4.39 Å². The van der Waals surface area contributed by atoms with E-state index in [4.69, 9.17) is 5.11 Å². The minimum atomic E-state index is -3.69. The lowest BCUT2D eigenvalue weighted by molar-refractivity contribution is 0.275. The molecule has 112 valence electrons. The highest BCUT2D eigenvalue weighted by Gasteiger charge is 2.37. The van der Waals surface area contributed by atoms with Crippen LogP contribution in [0.2, 0.25) is 0 Å². The molecular formula is C14H20FNO3S. The molecule has 0 spiro atoms. The molecule has 6 heteroatoms. The second kappa shape index (κ2) is 5.42. The van der Waals surface area contributed by atoms with Gasteiger partial charge in [-0.15, -0.1) is 0 Å². The molecular weight excluding hydrogens is 281 g/mol. The molecule has 1 aliphatic carbocycles. The van der Waals surface area contributed by atoms with E-state index in [1.807, 2.05) is 13.8 Å². The van der Waals surface area contributed by atoms with Gasteiger partial charge in [-0.25, -0.2) is 17.5 Å². The summed E-state index contributed by atoms with van der Waals surface area (Å²) in [5.74, 6) is -0.604. The number of hydrogen-bond donors (Lipinski definition) is 2.